The highest BCUT2D eigenvalue weighted by molar-refractivity contribution is 5.99. The zero-order valence-corrected chi connectivity index (χ0v) is 16.4. The predicted octanol–water partition coefficient (Wildman–Crippen LogP) is 4.49. The van der Waals surface area contributed by atoms with Gasteiger partial charge in [0.1, 0.15) is 5.52 Å². The summed E-state index contributed by atoms with van der Waals surface area (Å²) in [4.78, 5) is 25.0. The van der Waals surface area contributed by atoms with Crippen LogP contribution in [0.5, 0.6) is 0 Å². The van der Waals surface area contributed by atoms with E-state index < -0.39 is 12.1 Å². The maximum absolute atomic E-state index is 12.6. The molecule has 1 aliphatic carbocycles. The first-order chi connectivity index (χ1) is 14.1. The van der Waals surface area contributed by atoms with Crippen molar-refractivity contribution in [3.05, 3.63) is 54.1 Å². The van der Waals surface area contributed by atoms with Gasteiger partial charge in [0.15, 0.2) is 11.9 Å². The fourth-order valence-electron chi connectivity index (χ4n) is 3.71. The highest BCUT2D eigenvalue weighted by atomic mass is 16.5. The van der Waals surface area contributed by atoms with Crippen molar-refractivity contribution in [3.63, 3.8) is 0 Å². The van der Waals surface area contributed by atoms with E-state index in [-0.39, 0.29) is 11.9 Å². The average molecular weight is 392 g/mol. The Bertz CT molecular complexity index is 1010. The van der Waals surface area contributed by atoms with E-state index in [1.807, 2.05) is 30.3 Å². The number of nitrogens with one attached hydrogen (secondary N) is 1. The van der Waals surface area contributed by atoms with Gasteiger partial charge in [-0.15, -0.1) is 0 Å². The van der Waals surface area contributed by atoms with Gasteiger partial charge < -0.3 is 14.6 Å². The molecule has 1 atom stereocenters. The molecule has 0 saturated heterocycles. The normalized spacial score (nSPS) is 15.8. The molecule has 29 heavy (non-hydrogen) atoms. The van der Waals surface area contributed by atoms with Crippen LogP contribution in [0, 0.1) is 0 Å². The van der Waals surface area contributed by atoms with E-state index in [2.05, 4.69) is 10.5 Å². The van der Waals surface area contributed by atoms with Crippen LogP contribution in [-0.2, 0) is 9.53 Å². The van der Waals surface area contributed by atoms with Gasteiger partial charge in [-0.05, 0) is 38.0 Å². The maximum atomic E-state index is 12.6. The molecule has 6 heteroatoms. The van der Waals surface area contributed by atoms with Crippen molar-refractivity contribution in [1.82, 2.24) is 10.5 Å². The summed E-state index contributed by atoms with van der Waals surface area (Å²) in [5.74, 6) is -0.196. The van der Waals surface area contributed by atoms with Crippen molar-refractivity contribution in [1.29, 1.82) is 0 Å². The Labute approximate surface area is 169 Å². The lowest BCUT2D eigenvalue weighted by atomic mass is 9.95. The number of carbonyl (C=O) groups is 2. The SMILES string of the molecule is C[C@H](OC(=O)c1ccc2noc(-c3ccccc3)c2c1)C(=O)NC1CCCCC1. The van der Waals surface area contributed by atoms with Crippen LogP contribution >= 0.6 is 0 Å². The summed E-state index contributed by atoms with van der Waals surface area (Å²) in [6.07, 6.45) is 4.59. The van der Waals surface area contributed by atoms with Crippen LogP contribution in [0.4, 0.5) is 0 Å². The lowest BCUT2D eigenvalue weighted by molar-refractivity contribution is -0.130. The number of hydrogen-bond donors (Lipinski definition) is 1. The van der Waals surface area contributed by atoms with E-state index in [0.29, 0.717) is 16.8 Å². The van der Waals surface area contributed by atoms with Crippen molar-refractivity contribution >= 4 is 22.8 Å². The predicted molar refractivity (Wildman–Crippen MR) is 109 cm³/mol. The van der Waals surface area contributed by atoms with Crippen molar-refractivity contribution in [2.24, 2.45) is 0 Å². The van der Waals surface area contributed by atoms with Crippen molar-refractivity contribution in [3.8, 4) is 11.3 Å². The lowest BCUT2D eigenvalue weighted by Crippen LogP contribution is -2.42. The molecule has 4 rings (SSSR count). The summed E-state index contributed by atoms with van der Waals surface area (Å²) in [5, 5.41) is 7.78. The number of fused-ring (bicyclic) bond motifs is 1. The Morgan fingerprint density at radius 3 is 2.62 bits per heavy atom. The molecule has 1 saturated carbocycles. The van der Waals surface area contributed by atoms with Gasteiger partial charge in [-0.2, -0.15) is 0 Å². The van der Waals surface area contributed by atoms with E-state index in [1.165, 1.54) is 6.42 Å². The third-order valence-corrected chi connectivity index (χ3v) is 5.35. The molecule has 0 radical (unpaired) electrons. The van der Waals surface area contributed by atoms with Gasteiger partial charge in [-0.1, -0.05) is 54.8 Å². The van der Waals surface area contributed by atoms with Gasteiger partial charge in [0.2, 0.25) is 0 Å². The summed E-state index contributed by atoms with van der Waals surface area (Å²) in [7, 11) is 0. The number of rotatable bonds is 5. The first-order valence-corrected chi connectivity index (χ1v) is 10.1. The Balaban J connectivity index is 1.47. The largest absolute Gasteiger partial charge is 0.449 e. The van der Waals surface area contributed by atoms with E-state index in [0.717, 1.165) is 36.6 Å². The molecule has 1 heterocycles. The highest BCUT2D eigenvalue weighted by Crippen LogP contribution is 2.29. The Hall–Kier alpha value is -3.15. The monoisotopic (exact) mass is 392 g/mol. The van der Waals surface area contributed by atoms with Crippen LogP contribution in [0.2, 0.25) is 0 Å². The first kappa shape index (κ1) is 19.2. The van der Waals surface area contributed by atoms with Crippen LogP contribution in [-0.4, -0.2) is 29.2 Å². The topological polar surface area (TPSA) is 81.4 Å². The van der Waals surface area contributed by atoms with Crippen molar-refractivity contribution in [2.45, 2.75) is 51.2 Å². The summed E-state index contributed by atoms with van der Waals surface area (Å²) in [6, 6.07) is 14.8. The van der Waals surface area contributed by atoms with Gasteiger partial charge in [0.05, 0.1) is 10.9 Å². The van der Waals surface area contributed by atoms with Crippen molar-refractivity contribution < 1.29 is 18.8 Å². The third kappa shape index (κ3) is 4.31. The zero-order chi connectivity index (χ0) is 20.2. The summed E-state index contributed by atoms with van der Waals surface area (Å²) >= 11 is 0. The first-order valence-electron chi connectivity index (χ1n) is 10.1. The minimum atomic E-state index is -0.851. The molecule has 1 N–H and O–H groups in total. The molecule has 1 amide bonds. The summed E-state index contributed by atoms with van der Waals surface area (Å²) in [5.41, 5.74) is 1.89. The Kier molecular flexibility index (Phi) is 5.60. The fraction of sp³-hybridized carbons (Fsp3) is 0.348. The van der Waals surface area contributed by atoms with Crippen LogP contribution in [0.1, 0.15) is 49.4 Å². The van der Waals surface area contributed by atoms with Crippen LogP contribution in [0.25, 0.3) is 22.2 Å². The summed E-state index contributed by atoms with van der Waals surface area (Å²) in [6.45, 7) is 1.60. The molecule has 6 nitrogen and oxygen atoms in total. The van der Waals surface area contributed by atoms with Gasteiger partial charge in [-0.3, -0.25) is 4.79 Å². The van der Waals surface area contributed by atoms with Gasteiger partial charge in [-0.25, -0.2) is 4.79 Å². The van der Waals surface area contributed by atoms with E-state index >= 15 is 0 Å². The summed E-state index contributed by atoms with van der Waals surface area (Å²) < 4.78 is 10.9. The van der Waals surface area contributed by atoms with Gasteiger partial charge in [0, 0.05) is 11.6 Å². The number of benzene rings is 2. The number of nitrogens with zero attached hydrogens (tertiary/aromatic N) is 1. The molecule has 3 aromatic rings. The molecule has 0 bridgehead atoms. The van der Waals surface area contributed by atoms with Crippen LogP contribution < -0.4 is 5.32 Å². The molecule has 2 aromatic carbocycles. The fourth-order valence-corrected chi connectivity index (χ4v) is 3.71. The molecule has 0 unspecified atom stereocenters. The zero-order valence-electron chi connectivity index (χ0n) is 16.4. The second-order valence-electron chi connectivity index (χ2n) is 7.50. The molecular weight excluding hydrogens is 368 g/mol. The molecule has 1 aliphatic rings. The number of esters is 1. The Morgan fingerprint density at radius 2 is 1.86 bits per heavy atom. The quantitative estimate of drug-likeness (QED) is 0.647. The van der Waals surface area contributed by atoms with Gasteiger partial charge in [0.25, 0.3) is 5.91 Å². The molecule has 150 valence electrons. The van der Waals surface area contributed by atoms with E-state index in [9.17, 15) is 9.59 Å². The second-order valence-corrected chi connectivity index (χ2v) is 7.50. The second kappa shape index (κ2) is 8.47. The van der Waals surface area contributed by atoms with Crippen LogP contribution in [0.3, 0.4) is 0 Å². The number of amides is 1. The number of hydrogen-bond acceptors (Lipinski definition) is 5. The Morgan fingerprint density at radius 1 is 1.10 bits per heavy atom. The highest BCUT2D eigenvalue weighted by Gasteiger charge is 2.23. The minimum Gasteiger partial charge on any atom is -0.449 e. The number of carbonyl (C=O) groups excluding carboxylic acids is 2. The van der Waals surface area contributed by atoms with Crippen molar-refractivity contribution in [2.75, 3.05) is 0 Å². The van der Waals surface area contributed by atoms with E-state index in [1.54, 1.807) is 25.1 Å². The lowest BCUT2D eigenvalue weighted by Gasteiger charge is -2.24. The van der Waals surface area contributed by atoms with E-state index in [4.69, 9.17) is 9.26 Å². The minimum absolute atomic E-state index is 0.180. The molecular formula is C23H24N2O4. The standard InChI is InChI=1S/C23H24N2O4/c1-15(22(26)24-18-10-6-3-7-11-18)28-23(27)17-12-13-20-19(14-17)21(29-25-20)16-8-4-2-5-9-16/h2,4-5,8-9,12-15,18H,3,6-7,10-11H2,1H3,(H,24,26)/t15-/m0/s1. The number of ether oxygens (including phenoxy) is 1. The molecule has 0 spiro atoms. The molecule has 0 aliphatic heterocycles. The molecule has 1 aromatic heterocycles. The van der Waals surface area contributed by atoms with Crippen LogP contribution in [0.15, 0.2) is 53.1 Å². The smallest absolute Gasteiger partial charge is 0.338 e. The average Bonchev–Trinajstić information content (AvgIpc) is 3.18. The number of aromatic nitrogens is 1. The maximum Gasteiger partial charge on any atom is 0.338 e. The molecule has 1 fully saturated rings. The van der Waals surface area contributed by atoms with Gasteiger partial charge >= 0.3 is 5.97 Å². The third-order valence-electron chi connectivity index (χ3n) is 5.35.